The number of H-pyrrole nitrogens is 1. The van der Waals surface area contributed by atoms with Gasteiger partial charge in [-0.25, -0.2) is 8.78 Å². The van der Waals surface area contributed by atoms with Crippen LogP contribution in [0.25, 0.3) is 10.9 Å². The van der Waals surface area contributed by atoms with Gasteiger partial charge in [-0.05, 0) is 42.0 Å². The Bertz CT molecular complexity index is 699. The van der Waals surface area contributed by atoms with E-state index in [1.807, 2.05) is 30.5 Å². The minimum absolute atomic E-state index is 0.380. The van der Waals surface area contributed by atoms with Crippen molar-refractivity contribution in [1.82, 2.24) is 4.98 Å². The molecule has 0 aliphatic rings. The highest BCUT2D eigenvalue weighted by atomic mass is 19.1. The normalized spacial score (nSPS) is 10.8. The van der Waals surface area contributed by atoms with Crippen LogP contribution in [-0.4, -0.2) is 4.98 Å². The summed E-state index contributed by atoms with van der Waals surface area (Å²) in [5.41, 5.74) is 2.55. The summed E-state index contributed by atoms with van der Waals surface area (Å²) >= 11 is 0. The van der Waals surface area contributed by atoms with Gasteiger partial charge in [0.1, 0.15) is 11.6 Å². The lowest BCUT2D eigenvalue weighted by Crippen LogP contribution is -2.00. The van der Waals surface area contributed by atoms with Crippen molar-refractivity contribution in [2.24, 2.45) is 0 Å². The molecule has 0 aliphatic carbocycles. The highest BCUT2D eigenvalue weighted by Gasteiger charge is 2.01. The maximum Gasteiger partial charge on any atom is 0.126 e. The second-order valence-corrected chi connectivity index (χ2v) is 4.41. The lowest BCUT2D eigenvalue weighted by molar-refractivity contribution is 0.580. The van der Waals surface area contributed by atoms with Crippen molar-refractivity contribution in [3.8, 4) is 0 Å². The SMILES string of the molecule is Fc1cc(F)cc(CNc2ccc3[nH]ccc3c2)c1. The molecular formula is C15H12F2N2. The third kappa shape index (κ3) is 2.57. The fraction of sp³-hybridized carbons (Fsp3) is 0.0667. The first-order valence-corrected chi connectivity index (χ1v) is 5.97. The van der Waals surface area contributed by atoms with E-state index in [0.29, 0.717) is 12.1 Å². The minimum atomic E-state index is -0.558. The molecule has 1 aromatic heterocycles. The average Bonchev–Trinajstić information content (AvgIpc) is 2.82. The standard InChI is InChI=1S/C15H12F2N2/c16-12-5-10(6-13(17)8-12)9-19-14-1-2-15-11(7-14)3-4-18-15/h1-8,18-19H,9H2. The van der Waals surface area contributed by atoms with Gasteiger partial charge >= 0.3 is 0 Å². The van der Waals surface area contributed by atoms with Crippen LogP contribution in [0.2, 0.25) is 0 Å². The first kappa shape index (κ1) is 11.7. The number of anilines is 1. The van der Waals surface area contributed by atoms with Crippen LogP contribution in [0.5, 0.6) is 0 Å². The molecule has 2 aromatic carbocycles. The number of halogens is 2. The van der Waals surface area contributed by atoms with Crippen LogP contribution in [0.1, 0.15) is 5.56 Å². The molecule has 0 amide bonds. The predicted molar refractivity (Wildman–Crippen MR) is 72.0 cm³/mol. The fourth-order valence-electron chi connectivity index (χ4n) is 2.08. The number of nitrogens with one attached hydrogen (secondary N) is 2. The van der Waals surface area contributed by atoms with Crippen LogP contribution in [0.3, 0.4) is 0 Å². The van der Waals surface area contributed by atoms with E-state index in [1.54, 1.807) is 0 Å². The van der Waals surface area contributed by atoms with E-state index >= 15 is 0 Å². The molecule has 0 bridgehead atoms. The Hall–Kier alpha value is -2.36. The first-order valence-electron chi connectivity index (χ1n) is 5.97. The molecule has 2 nitrogen and oxygen atoms in total. The monoisotopic (exact) mass is 258 g/mol. The zero-order valence-electron chi connectivity index (χ0n) is 10.1. The van der Waals surface area contributed by atoms with Gasteiger partial charge in [-0.1, -0.05) is 0 Å². The van der Waals surface area contributed by atoms with Gasteiger partial charge in [-0.2, -0.15) is 0 Å². The summed E-state index contributed by atoms with van der Waals surface area (Å²) in [6.07, 6.45) is 1.87. The van der Waals surface area contributed by atoms with Crippen molar-refractivity contribution in [2.75, 3.05) is 5.32 Å². The molecule has 3 rings (SSSR count). The second kappa shape index (κ2) is 4.72. The predicted octanol–water partition coefficient (Wildman–Crippen LogP) is 4.06. The van der Waals surface area contributed by atoms with E-state index in [0.717, 1.165) is 22.7 Å². The van der Waals surface area contributed by atoms with E-state index in [2.05, 4.69) is 10.3 Å². The molecule has 0 saturated carbocycles. The lowest BCUT2D eigenvalue weighted by Gasteiger charge is -2.07. The van der Waals surface area contributed by atoms with Crippen molar-refractivity contribution in [1.29, 1.82) is 0 Å². The Kier molecular flexibility index (Phi) is 2.91. The molecule has 19 heavy (non-hydrogen) atoms. The third-order valence-corrected chi connectivity index (χ3v) is 2.97. The number of hydrogen-bond donors (Lipinski definition) is 2. The van der Waals surface area contributed by atoms with Crippen LogP contribution in [0, 0.1) is 11.6 Å². The average molecular weight is 258 g/mol. The number of aromatic nitrogens is 1. The molecule has 0 fully saturated rings. The largest absolute Gasteiger partial charge is 0.381 e. The highest BCUT2D eigenvalue weighted by molar-refractivity contribution is 5.82. The number of fused-ring (bicyclic) bond motifs is 1. The second-order valence-electron chi connectivity index (χ2n) is 4.41. The van der Waals surface area contributed by atoms with E-state index in [9.17, 15) is 8.78 Å². The third-order valence-electron chi connectivity index (χ3n) is 2.97. The van der Waals surface area contributed by atoms with Crippen LogP contribution in [0.4, 0.5) is 14.5 Å². The molecule has 96 valence electrons. The maximum atomic E-state index is 13.0. The van der Waals surface area contributed by atoms with E-state index in [-0.39, 0.29) is 0 Å². The van der Waals surface area contributed by atoms with Crippen LogP contribution in [0.15, 0.2) is 48.7 Å². The van der Waals surface area contributed by atoms with Gasteiger partial charge in [0.2, 0.25) is 0 Å². The van der Waals surface area contributed by atoms with Crippen molar-refractivity contribution in [3.63, 3.8) is 0 Å². The zero-order chi connectivity index (χ0) is 13.2. The van der Waals surface area contributed by atoms with E-state index < -0.39 is 11.6 Å². The first-order chi connectivity index (χ1) is 9.20. The van der Waals surface area contributed by atoms with Crippen LogP contribution in [-0.2, 0) is 6.54 Å². The maximum absolute atomic E-state index is 13.0. The van der Waals surface area contributed by atoms with Crippen molar-refractivity contribution < 1.29 is 8.78 Å². The summed E-state index contributed by atoms with van der Waals surface area (Å²) in [5, 5.41) is 4.24. The van der Waals surface area contributed by atoms with Crippen LogP contribution < -0.4 is 5.32 Å². The van der Waals surface area contributed by atoms with Crippen molar-refractivity contribution in [2.45, 2.75) is 6.54 Å². The number of rotatable bonds is 3. The van der Waals surface area contributed by atoms with Gasteiger partial charge in [0.05, 0.1) is 0 Å². The van der Waals surface area contributed by atoms with Gasteiger partial charge in [0, 0.05) is 35.4 Å². The molecule has 0 radical (unpaired) electrons. The van der Waals surface area contributed by atoms with Gasteiger partial charge in [0.25, 0.3) is 0 Å². The molecular weight excluding hydrogens is 246 g/mol. The fourth-order valence-corrected chi connectivity index (χ4v) is 2.08. The summed E-state index contributed by atoms with van der Waals surface area (Å²) in [4.78, 5) is 3.11. The molecule has 3 aromatic rings. The summed E-state index contributed by atoms with van der Waals surface area (Å²) in [7, 11) is 0. The summed E-state index contributed by atoms with van der Waals surface area (Å²) in [6, 6.07) is 11.4. The molecule has 1 heterocycles. The van der Waals surface area contributed by atoms with Gasteiger partial charge in [-0.15, -0.1) is 0 Å². The van der Waals surface area contributed by atoms with E-state index in [4.69, 9.17) is 0 Å². The summed E-state index contributed by atoms with van der Waals surface area (Å²) in [5.74, 6) is -1.12. The molecule has 0 aliphatic heterocycles. The lowest BCUT2D eigenvalue weighted by atomic mass is 10.2. The Morgan fingerprint density at radius 1 is 0.947 bits per heavy atom. The summed E-state index contributed by atoms with van der Waals surface area (Å²) < 4.78 is 26.1. The number of aromatic amines is 1. The summed E-state index contributed by atoms with van der Waals surface area (Å²) in [6.45, 7) is 0.380. The Balaban J connectivity index is 1.77. The molecule has 0 saturated heterocycles. The molecule has 4 heteroatoms. The molecule has 2 N–H and O–H groups in total. The number of hydrogen-bond acceptors (Lipinski definition) is 1. The van der Waals surface area contributed by atoms with Gasteiger partial charge in [-0.3, -0.25) is 0 Å². The van der Waals surface area contributed by atoms with E-state index in [1.165, 1.54) is 12.1 Å². The smallest absolute Gasteiger partial charge is 0.126 e. The Morgan fingerprint density at radius 3 is 2.53 bits per heavy atom. The molecule has 0 atom stereocenters. The Morgan fingerprint density at radius 2 is 1.74 bits per heavy atom. The van der Waals surface area contributed by atoms with Gasteiger partial charge in [0.15, 0.2) is 0 Å². The topological polar surface area (TPSA) is 27.8 Å². The van der Waals surface area contributed by atoms with Crippen molar-refractivity contribution in [3.05, 3.63) is 65.9 Å². The number of benzene rings is 2. The quantitative estimate of drug-likeness (QED) is 0.728. The van der Waals surface area contributed by atoms with Crippen LogP contribution >= 0.6 is 0 Å². The molecule has 0 spiro atoms. The zero-order valence-corrected chi connectivity index (χ0v) is 10.1. The minimum Gasteiger partial charge on any atom is -0.381 e. The Labute approximate surface area is 109 Å². The van der Waals surface area contributed by atoms with Crippen molar-refractivity contribution >= 4 is 16.6 Å². The highest BCUT2D eigenvalue weighted by Crippen LogP contribution is 2.18. The molecule has 0 unspecified atom stereocenters. The van der Waals surface area contributed by atoms with Gasteiger partial charge < -0.3 is 10.3 Å².